The SMILES string of the molecule is CCCCC[C@@H](C=C[C@H]1C(OC(=O)CC)C[C@H](OC(=O)CC)[C@@H]1CC=CCCCC(=O)O)OC(=O)CC. The van der Waals surface area contributed by atoms with Crippen LogP contribution < -0.4 is 0 Å². The molecule has 1 saturated carbocycles. The molecule has 0 spiro atoms. The van der Waals surface area contributed by atoms with E-state index in [9.17, 15) is 19.2 Å². The van der Waals surface area contributed by atoms with Gasteiger partial charge in [-0.1, -0.05) is 58.8 Å². The minimum atomic E-state index is -0.821. The molecule has 210 valence electrons. The summed E-state index contributed by atoms with van der Waals surface area (Å²) < 4.78 is 17.2. The quantitative estimate of drug-likeness (QED) is 0.102. The maximum atomic E-state index is 12.2. The van der Waals surface area contributed by atoms with Gasteiger partial charge in [0.2, 0.25) is 0 Å². The first-order valence-electron chi connectivity index (χ1n) is 13.9. The number of ether oxygens (including phenoxy) is 3. The van der Waals surface area contributed by atoms with Crippen molar-refractivity contribution in [2.45, 2.75) is 123 Å². The van der Waals surface area contributed by atoms with Gasteiger partial charge in [-0.25, -0.2) is 0 Å². The third kappa shape index (κ3) is 12.9. The van der Waals surface area contributed by atoms with Crippen molar-refractivity contribution in [2.75, 3.05) is 0 Å². The topological polar surface area (TPSA) is 116 Å². The number of hydrogen-bond acceptors (Lipinski definition) is 7. The summed E-state index contributed by atoms with van der Waals surface area (Å²) >= 11 is 0. The third-order valence-electron chi connectivity index (χ3n) is 6.56. The monoisotopic (exact) mass is 522 g/mol. The van der Waals surface area contributed by atoms with Gasteiger partial charge in [0.15, 0.2) is 0 Å². The van der Waals surface area contributed by atoms with Gasteiger partial charge in [-0.3, -0.25) is 19.2 Å². The van der Waals surface area contributed by atoms with Gasteiger partial charge in [0.1, 0.15) is 18.3 Å². The molecule has 0 aliphatic heterocycles. The van der Waals surface area contributed by atoms with Gasteiger partial charge < -0.3 is 19.3 Å². The van der Waals surface area contributed by atoms with Crippen LogP contribution in [0.3, 0.4) is 0 Å². The summed E-state index contributed by atoms with van der Waals surface area (Å²) in [5, 5.41) is 8.83. The Labute approximate surface area is 221 Å². The molecule has 0 saturated heterocycles. The second kappa shape index (κ2) is 18.6. The lowest BCUT2D eigenvalue weighted by molar-refractivity contribution is -0.152. The minimum absolute atomic E-state index is 0.112. The molecule has 8 heteroatoms. The summed E-state index contributed by atoms with van der Waals surface area (Å²) in [7, 11) is 0. The van der Waals surface area contributed by atoms with Gasteiger partial charge in [-0.05, 0) is 38.2 Å². The summed E-state index contributed by atoms with van der Waals surface area (Å²) in [5.74, 6) is -2.05. The number of carbonyl (C=O) groups is 4. The second-order valence-corrected chi connectivity index (χ2v) is 9.50. The largest absolute Gasteiger partial charge is 0.481 e. The maximum absolute atomic E-state index is 12.2. The van der Waals surface area contributed by atoms with Crippen molar-refractivity contribution in [1.82, 2.24) is 0 Å². The van der Waals surface area contributed by atoms with Crippen LogP contribution in [0.1, 0.15) is 105 Å². The van der Waals surface area contributed by atoms with Gasteiger partial charge in [0, 0.05) is 43.9 Å². The number of rotatable bonds is 18. The third-order valence-corrected chi connectivity index (χ3v) is 6.56. The molecule has 0 aromatic rings. The lowest BCUT2D eigenvalue weighted by Gasteiger charge is -2.24. The molecule has 37 heavy (non-hydrogen) atoms. The molecule has 0 bridgehead atoms. The normalized spacial score (nSPS) is 22.3. The fraction of sp³-hybridized carbons (Fsp3) is 0.724. The van der Waals surface area contributed by atoms with Gasteiger partial charge in [0.05, 0.1) is 0 Å². The van der Waals surface area contributed by atoms with Gasteiger partial charge in [-0.15, -0.1) is 0 Å². The van der Waals surface area contributed by atoms with E-state index in [1.165, 1.54) is 0 Å². The molecule has 1 aliphatic carbocycles. The van der Waals surface area contributed by atoms with Crippen molar-refractivity contribution < 1.29 is 38.5 Å². The van der Waals surface area contributed by atoms with E-state index < -0.39 is 18.2 Å². The molecule has 5 atom stereocenters. The molecular formula is C29H46O8. The molecule has 1 N–H and O–H groups in total. The van der Waals surface area contributed by atoms with Crippen molar-refractivity contribution in [3.05, 3.63) is 24.3 Å². The summed E-state index contributed by atoms with van der Waals surface area (Å²) in [6, 6.07) is 0. The Kier molecular flexibility index (Phi) is 16.3. The first-order valence-corrected chi connectivity index (χ1v) is 13.9. The maximum Gasteiger partial charge on any atom is 0.306 e. The highest BCUT2D eigenvalue weighted by Gasteiger charge is 2.45. The van der Waals surface area contributed by atoms with Crippen LogP contribution in [-0.4, -0.2) is 47.3 Å². The van der Waals surface area contributed by atoms with E-state index in [4.69, 9.17) is 19.3 Å². The van der Waals surface area contributed by atoms with Crippen LogP contribution in [0.15, 0.2) is 24.3 Å². The highest BCUT2D eigenvalue weighted by Crippen LogP contribution is 2.40. The predicted octanol–water partition coefficient (Wildman–Crippen LogP) is 5.93. The average Bonchev–Trinajstić information content (AvgIpc) is 3.18. The van der Waals surface area contributed by atoms with Gasteiger partial charge >= 0.3 is 23.9 Å². The fourth-order valence-corrected chi connectivity index (χ4v) is 4.46. The van der Waals surface area contributed by atoms with Crippen molar-refractivity contribution >= 4 is 23.9 Å². The smallest absolute Gasteiger partial charge is 0.306 e. The average molecular weight is 523 g/mol. The van der Waals surface area contributed by atoms with E-state index in [1.54, 1.807) is 20.8 Å². The number of aliphatic carboxylic acids is 1. The fourth-order valence-electron chi connectivity index (χ4n) is 4.46. The number of carbonyl (C=O) groups excluding carboxylic acids is 3. The Bertz CT molecular complexity index is 772. The Balaban J connectivity index is 3.16. The molecule has 0 amide bonds. The summed E-state index contributed by atoms with van der Waals surface area (Å²) in [6.07, 6.45) is 13.4. The number of esters is 3. The van der Waals surface area contributed by atoms with Gasteiger partial charge in [0.25, 0.3) is 0 Å². The molecule has 0 radical (unpaired) electrons. The number of carboxylic acid groups (broad SMARTS) is 1. The van der Waals surface area contributed by atoms with E-state index in [1.807, 2.05) is 24.3 Å². The predicted molar refractivity (Wildman–Crippen MR) is 141 cm³/mol. The van der Waals surface area contributed by atoms with Crippen LogP contribution in [0.5, 0.6) is 0 Å². The van der Waals surface area contributed by atoms with Crippen LogP contribution >= 0.6 is 0 Å². The highest BCUT2D eigenvalue weighted by atomic mass is 16.6. The molecular weight excluding hydrogens is 476 g/mol. The zero-order chi connectivity index (χ0) is 27.6. The highest BCUT2D eigenvalue weighted by molar-refractivity contribution is 5.70. The first-order chi connectivity index (χ1) is 17.7. The molecule has 1 unspecified atom stereocenters. The summed E-state index contributed by atoms with van der Waals surface area (Å²) in [6.45, 7) is 7.36. The number of unbranched alkanes of at least 4 members (excludes halogenated alkanes) is 3. The standard InChI is InChI=1S/C29H46O8/c1-5-9-12-15-21(35-27(32)6-2)18-19-23-22(16-13-10-11-14-17-26(30)31)24(36-28(33)7-3)20-25(23)37-29(34)8-4/h10,13,18-19,21-25H,5-9,11-12,14-17,20H2,1-4H3,(H,30,31)/t21-,22+,23+,24-,25?/m0/s1. The Morgan fingerprint density at radius 1 is 0.865 bits per heavy atom. The van der Waals surface area contributed by atoms with Crippen molar-refractivity contribution in [2.24, 2.45) is 11.8 Å². The summed E-state index contributed by atoms with van der Waals surface area (Å²) in [5.41, 5.74) is 0. The first kappa shape index (κ1) is 32.4. The van der Waals surface area contributed by atoms with E-state index in [2.05, 4.69) is 6.92 Å². The minimum Gasteiger partial charge on any atom is -0.481 e. The van der Waals surface area contributed by atoms with E-state index in [-0.39, 0.29) is 55.1 Å². The van der Waals surface area contributed by atoms with Gasteiger partial charge in [-0.2, -0.15) is 0 Å². The van der Waals surface area contributed by atoms with Crippen molar-refractivity contribution in [3.8, 4) is 0 Å². The molecule has 0 heterocycles. The zero-order valence-corrected chi connectivity index (χ0v) is 23.0. The summed E-state index contributed by atoms with van der Waals surface area (Å²) in [4.78, 5) is 47.1. The Hall–Kier alpha value is -2.64. The molecule has 0 aromatic carbocycles. The molecule has 1 rings (SSSR count). The van der Waals surface area contributed by atoms with Crippen molar-refractivity contribution in [3.63, 3.8) is 0 Å². The van der Waals surface area contributed by atoms with Crippen molar-refractivity contribution in [1.29, 1.82) is 0 Å². The van der Waals surface area contributed by atoms with Crippen LogP contribution in [0.25, 0.3) is 0 Å². The second-order valence-electron chi connectivity index (χ2n) is 9.50. The van der Waals surface area contributed by atoms with E-state index in [0.717, 1.165) is 19.3 Å². The molecule has 1 aliphatic rings. The lowest BCUT2D eigenvalue weighted by Crippen LogP contribution is -2.26. The van der Waals surface area contributed by atoms with E-state index in [0.29, 0.717) is 38.5 Å². The molecule has 1 fully saturated rings. The number of hydrogen-bond donors (Lipinski definition) is 1. The van der Waals surface area contributed by atoms with E-state index >= 15 is 0 Å². The number of allylic oxidation sites excluding steroid dienone is 2. The van der Waals surface area contributed by atoms with Crippen LogP contribution in [0.4, 0.5) is 0 Å². The molecule has 8 nitrogen and oxygen atoms in total. The molecule has 0 aromatic heterocycles. The van der Waals surface area contributed by atoms with Crippen LogP contribution in [0, 0.1) is 11.8 Å². The Morgan fingerprint density at radius 3 is 2.11 bits per heavy atom. The zero-order valence-electron chi connectivity index (χ0n) is 23.0. The van der Waals surface area contributed by atoms with Crippen LogP contribution in [0.2, 0.25) is 0 Å². The number of carboxylic acids is 1. The van der Waals surface area contributed by atoms with Crippen LogP contribution in [-0.2, 0) is 33.4 Å². The Morgan fingerprint density at radius 2 is 1.51 bits per heavy atom. The lowest BCUT2D eigenvalue weighted by atomic mass is 9.89.